The lowest BCUT2D eigenvalue weighted by Crippen LogP contribution is -2.39. The number of carbonyl (C=O) groups is 1. The fourth-order valence-corrected chi connectivity index (χ4v) is 6.60. The molecular formula is C32H26Cl4N2O6S. The molecule has 45 heavy (non-hydrogen) atoms. The Kier molecular flexibility index (Phi) is 10.5. The Bertz CT molecular complexity index is 1990. The van der Waals surface area contributed by atoms with Gasteiger partial charge in [-0.1, -0.05) is 69.9 Å². The number of methoxy groups -OCH3 is 1. The highest BCUT2D eigenvalue weighted by Crippen LogP contribution is 2.36. The van der Waals surface area contributed by atoms with Crippen LogP contribution in [0.25, 0.3) is 6.08 Å². The highest BCUT2D eigenvalue weighted by atomic mass is 35.5. The molecule has 0 saturated carbocycles. The van der Waals surface area contributed by atoms with E-state index in [-0.39, 0.29) is 17.2 Å². The van der Waals surface area contributed by atoms with E-state index in [2.05, 4.69) is 4.99 Å². The van der Waals surface area contributed by atoms with Crippen LogP contribution in [0.2, 0.25) is 20.1 Å². The summed E-state index contributed by atoms with van der Waals surface area (Å²) in [5.41, 5.74) is 1.63. The normalized spacial score (nSPS) is 14.3. The van der Waals surface area contributed by atoms with Gasteiger partial charge in [-0.15, -0.1) is 0 Å². The van der Waals surface area contributed by atoms with Crippen LogP contribution in [0.15, 0.2) is 70.1 Å². The van der Waals surface area contributed by atoms with Crippen LogP contribution < -0.4 is 29.1 Å². The first kappa shape index (κ1) is 32.9. The van der Waals surface area contributed by atoms with Crippen molar-refractivity contribution in [3.63, 3.8) is 0 Å². The van der Waals surface area contributed by atoms with Gasteiger partial charge in [-0.3, -0.25) is 9.36 Å². The molecular weight excluding hydrogens is 682 g/mol. The number of hydrogen-bond donors (Lipinski definition) is 0. The third-order valence-electron chi connectivity index (χ3n) is 6.70. The van der Waals surface area contributed by atoms with Crippen LogP contribution in [-0.2, 0) is 16.1 Å². The van der Waals surface area contributed by atoms with Crippen LogP contribution >= 0.6 is 57.7 Å². The summed E-state index contributed by atoms with van der Waals surface area (Å²) in [6, 6.07) is 12.8. The van der Waals surface area contributed by atoms with Crippen molar-refractivity contribution in [3.8, 4) is 17.2 Å². The van der Waals surface area contributed by atoms with Crippen molar-refractivity contribution in [1.29, 1.82) is 0 Å². The zero-order valence-corrected chi connectivity index (χ0v) is 28.1. The number of esters is 1. The van der Waals surface area contributed by atoms with Gasteiger partial charge in [-0.05, 0) is 67.4 Å². The maximum atomic E-state index is 14.1. The van der Waals surface area contributed by atoms with Gasteiger partial charge in [-0.25, -0.2) is 9.79 Å². The maximum Gasteiger partial charge on any atom is 0.337 e. The van der Waals surface area contributed by atoms with Crippen molar-refractivity contribution in [1.82, 2.24) is 4.57 Å². The van der Waals surface area contributed by atoms with Gasteiger partial charge in [0, 0.05) is 16.8 Å². The lowest BCUT2D eigenvalue weighted by Gasteiger charge is -2.23. The second-order valence-corrected chi connectivity index (χ2v) is 12.3. The molecule has 5 rings (SSSR count). The number of thiazole rings is 1. The summed E-state index contributed by atoms with van der Waals surface area (Å²) in [4.78, 5) is 31.8. The van der Waals surface area contributed by atoms with E-state index >= 15 is 0 Å². The molecule has 0 radical (unpaired) electrons. The summed E-state index contributed by atoms with van der Waals surface area (Å²) < 4.78 is 24.4. The van der Waals surface area contributed by atoms with Gasteiger partial charge in [0.1, 0.15) is 12.4 Å². The van der Waals surface area contributed by atoms with Gasteiger partial charge in [-0.2, -0.15) is 0 Å². The van der Waals surface area contributed by atoms with Gasteiger partial charge < -0.3 is 18.9 Å². The van der Waals surface area contributed by atoms with E-state index in [0.29, 0.717) is 66.0 Å². The molecule has 0 N–H and O–H groups in total. The molecule has 3 aromatic carbocycles. The number of rotatable bonds is 10. The molecule has 13 heteroatoms. The van der Waals surface area contributed by atoms with Crippen LogP contribution in [0, 0.1) is 0 Å². The summed E-state index contributed by atoms with van der Waals surface area (Å²) in [5, 5.41) is 1.42. The predicted octanol–water partition coefficient (Wildman–Crippen LogP) is 7.01. The number of benzene rings is 3. The van der Waals surface area contributed by atoms with E-state index in [1.165, 1.54) is 17.9 Å². The zero-order chi connectivity index (χ0) is 32.2. The Balaban J connectivity index is 1.62. The first-order valence-corrected chi connectivity index (χ1v) is 16.0. The Labute approximate surface area is 282 Å². The summed E-state index contributed by atoms with van der Waals surface area (Å²) in [6.45, 7) is 4.69. The van der Waals surface area contributed by atoms with Crippen molar-refractivity contribution < 1.29 is 23.7 Å². The van der Waals surface area contributed by atoms with E-state index in [1.54, 1.807) is 54.6 Å². The summed E-state index contributed by atoms with van der Waals surface area (Å²) in [7, 11) is 1.28. The predicted molar refractivity (Wildman–Crippen MR) is 177 cm³/mol. The molecule has 0 unspecified atom stereocenters. The summed E-state index contributed by atoms with van der Waals surface area (Å²) in [6.07, 6.45) is 3.05. The average Bonchev–Trinajstić information content (AvgIpc) is 3.33. The van der Waals surface area contributed by atoms with Crippen molar-refractivity contribution in [3.05, 3.63) is 117 Å². The highest BCUT2D eigenvalue weighted by molar-refractivity contribution is 7.07. The van der Waals surface area contributed by atoms with E-state index in [9.17, 15) is 9.59 Å². The average molecular weight is 708 g/mol. The first-order chi connectivity index (χ1) is 21.6. The largest absolute Gasteiger partial charge is 0.490 e. The van der Waals surface area contributed by atoms with Crippen molar-refractivity contribution in [2.24, 2.45) is 4.99 Å². The quantitative estimate of drug-likeness (QED) is 0.165. The molecule has 0 fully saturated rings. The van der Waals surface area contributed by atoms with E-state index < -0.39 is 17.6 Å². The monoisotopic (exact) mass is 706 g/mol. The number of halogens is 4. The fraction of sp³-hybridized carbons (Fsp3) is 0.219. The smallest absolute Gasteiger partial charge is 0.337 e. The van der Waals surface area contributed by atoms with Gasteiger partial charge in [0.15, 0.2) is 16.3 Å². The topological polar surface area (TPSA) is 88.4 Å². The Morgan fingerprint density at radius 3 is 2.40 bits per heavy atom. The van der Waals surface area contributed by atoms with E-state index in [0.717, 1.165) is 16.9 Å². The van der Waals surface area contributed by atoms with Crippen LogP contribution in [0.3, 0.4) is 0 Å². The fourth-order valence-electron chi connectivity index (χ4n) is 4.75. The van der Waals surface area contributed by atoms with Crippen molar-refractivity contribution in [2.45, 2.75) is 26.5 Å². The third kappa shape index (κ3) is 7.03. The standard InChI is InChI=1S/C32H26Cl4N2O6S/c1-4-42-25-9-7-18(12-26(25)43-5-2)28-21(31(40)41-3)15-37-32-38(28)30(39)27(45-32)13-19-11-20(33)14-24(36)29(19)44-16-17-6-8-22(34)23(35)10-17/h6-15,28H,4-5,16H2,1-3H3/b27-13+/t28-/m0/s1. The van der Waals surface area contributed by atoms with Crippen molar-refractivity contribution in [2.75, 3.05) is 20.3 Å². The van der Waals surface area contributed by atoms with Crippen LogP contribution in [-0.4, -0.2) is 30.9 Å². The number of hydrogen-bond acceptors (Lipinski definition) is 8. The van der Waals surface area contributed by atoms with Gasteiger partial charge in [0.25, 0.3) is 5.56 Å². The molecule has 1 aromatic heterocycles. The van der Waals surface area contributed by atoms with Crippen LogP contribution in [0.4, 0.5) is 0 Å². The molecule has 234 valence electrons. The van der Waals surface area contributed by atoms with Gasteiger partial charge >= 0.3 is 5.97 Å². The molecule has 1 aliphatic heterocycles. The van der Waals surface area contributed by atoms with Crippen LogP contribution in [0.5, 0.6) is 17.2 Å². The number of ether oxygens (including phenoxy) is 4. The maximum absolute atomic E-state index is 14.1. The molecule has 0 aliphatic carbocycles. The second kappa shape index (κ2) is 14.3. The highest BCUT2D eigenvalue weighted by Gasteiger charge is 2.31. The van der Waals surface area contributed by atoms with Gasteiger partial charge in [0.2, 0.25) is 0 Å². The minimum Gasteiger partial charge on any atom is -0.490 e. The minimum atomic E-state index is -0.848. The SMILES string of the molecule is CCOc1ccc([C@H]2C(C(=O)OC)=CN=c3s/c(=C/c4cc(Cl)cc(Cl)c4OCc4ccc(Cl)c(Cl)c4)c(=O)n32)cc1OCC. The molecule has 0 amide bonds. The van der Waals surface area contributed by atoms with Crippen molar-refractivity contribution >= 4 is 69.8 Å². The summed E-state index contributed by atoms with van der Waals surface area (Å²) >= 11 is 26.3. The number of nitrogens with zero attached hydrogens (tertiary/aromatic N) is 2. The lowest BCUT2D eigenvalue weighted by atomic mass is 9.97. The molecule has 4 aromatic rings. The van der Waals surface area contributed by atoms with E-state index in [1.807, 2.05) is 13.8 Å². The Morgan fingerprint density at radius 1 is 0.933 bits per heavy atom. The first-order valence-electron chi connectivity index (χ1n) is 13.7. The van der Waals surface area contributed by atoms with Gasteiger partial charge in [0.05, 0.1) is 51.5 Å². The molecule has 0 saturated heterocycles. The lowest BCUT2D eigenvalue weighted by molar-refractivity contribution is -0.136. The van der Waals surface area contributed by atoms with E-state index in [4.69, 9.17) is 65.4 Å². The number of carbonyl (C=O) groups excluding carboxylic acids is 1. The second-order valence-electron chi connectivity index (χ2n) is 9.59. The third-order valence-corrected chi connectivity index (χ3v) is 8.93. The van der Waals surface area contributed by atoms with Crippen LogP contribution in [0.1, 0.15) is 36.6 Å². The molecule has 2 heterocycles. The Morgan fingerprint density at radius 2 is 1.69 bits per heavy atom. The number of fused-ring (bicyclic) bond motifs is 1. The number of aromatic nitrogens is 1. The zero-order valence-electron chi connectivity index (χ0n) is 24.2. The molecule has 0 spiro atoms. The molecule has 1 atom stereocenters. The molecule has 1 aliphatic rings. The molecule has 8 nitrogen and oxygen atoms in total. The summed E-state index contributed by atoms with van der Waals surface area (Å²) in [5.74, 6) is 0.727. The minimum absolute atomic E-state index is 0.128. The Hall–Kier alpha value is -3.47. The molecule has 0 bridgehead atoms.